The molecule has 0 aromatic heterocycles. The Hall–Kier alpha value is -1.89. The van der Waals surface area contributed by atoms with Crippen LogP contribution in [0.1, 0.15) is 6.92 Å². The number of benzene rings is 1. The summed E-state index contributed by atoms with van der Waals surface area (Å²) in [6.45, 7) is 2.34. The Kier molecular flexibility index (Phi) is 4.16. The van der Waals surface area contributed by atoms with E-state index >= 15 is 0 Å². The molecule has 1 aromatic rings. The number of hydrazone groups is 1. The van der Waals surface area contributed by atoms with Gasteiger partial charge in [0.2, 0.25) is 0 Å². The van der Waals surface area contributed by atoms with Gasteiger partial charge < -0.3 is 5.73 Å². The van der Waals surface area contributed by atoms with Crippen molar-refractivity contribution in [1.29, 1.82) is 0 Å². The molecule has 1 heterocycles. The molecule has 0 saturated carbocycles. The topological polar surface area (TPSA) is 66.3 Å². The van der Waals surface area contributed by atoms with Crippen LogP contribution >= 0.6 is 11.8 Å². The molecule has 0 atom stereocenters. The lowest BCUT2D eigenvalue weighted by Crippen LogP contribution is -2.27. The van der Waals surface area contributed by atoms with Gasteiger partial charge in [0.1, 0.15) is 6.34 Å². The van der Waals surface area contributed by atoms with Crippen LogP contribution in [0.25, 0.3) is 0 Å². The monoisotopic (exact) mass is 279 g/mol. The minimum Gasteiger partial charge on any atom is -0.378 e. The van der Waals surface area contributed by atoms with Crippen molar-refractivity contribution in [3.8, 4) is 0 Å². The lowest BCUT2D eigenvalue weighted by molar-refractivity contribution is 0.623. The van der Waals surface area contributed by atoms with E-state index in [0.717, 1.165) is 5.71 Å². The smallest absolute Gasteiger partial charge is 0.158 e. The summed E-state index contributed by atoms with van der Waals surface area (Å²) in [5.74, 6) is -0.387. The maximum absolute atomic E-state index is 14.0. The second-order valence-electron chi connectivity index (χ2n) is 3.94. The highest BCUT2D eigenvalue weighted by molar-refractivity contribution is 8.13. The van der Waals surface area contributed by atoms with Crippen molar-refractivity contribution in [3.63, 3.8) is 0 Å². The van der Waals surface area contributed by atoms with E-state index in [1.165, 1.54) is 24.2 Å². The second kappa shape index (κ2) is 5.83. The van der Waals surface area contributed by atoms with Gasteiger partial charge in [-0.1, -0.05) is 11.8 Å². The lowest BCUT2D eigenvalue weighted by Gasteiger charge is -2.21. The zero-order chi connectivity index (χ0) is 13.8. The Bertz CT molecular complexity index is 567. The van der Waals surface area contributed by atoms with Crippen molar-refractivity contribution in [3.05, 3.63) is 24.0 Å². The molecule has 5 nitrogen and oxygen atoms in total. The number of nitrogens with two attached hydrogens (primary N) is 1. The third-order valence-corrected chi connectivity index (χ3v) is 3.02. The number of anilines is 1. The minimum absolute atomic E-state index is 0.387. The lowest BCUT2D eigenvalue weighted by atomic mass is 10.2. The van der Waals surface area contributed by atoms with Crippen LogP contribution in [0.15, 0.2) is 33.3 Å². The molecular formula is C12H14FN5S. The van der Waals surface area contributed by atoms with E-state index in [2.05, 4.69) is 15.1 Å². The van der Waals surface area contributed by atoms with Gasteiger partial charge in [-0.3, -0.25) is 5.01 Å². The number of amidine groups is 1. The maximum Gasteiger partial charge on any atom is 0.158 e. The van der Waals surface area contributed by atoms with E-state index in [9.17, 15) is 4.39 Å². The Morgan fingerprint density at radius 3 is 2.95 bits per heavy atom. The molecular weight excluding hydrogens is 265 g/mol. The molecule has 0 bridgehead atoms. The molecule has 1 aliphatic heterocycles. The normalized spacial score (nSPS) is 15.6. The van der Waals surface area contributed by atoms with E-state index in [-0.39, 0.29) is 5.82 Å². The van der Waals surface area contributed by atoms with E-state index in [4.69, 9.17) is 5.73 Å². The number of hydrogen-bond donors (Lipinski definition) is 1. The molecule has 7 heteroatoms. The summed E-state index contributed by atoms with van der Waals surface area (Å²) in [4.78, 5) is 8.10. The molecule has 1 aliphatic rings. The summed E-state index contributed by atoms with van der Waals surface area (Å²) in [6.07, 6.45) is 3.23. The van der Waals surface area contributed by atoms with E-state index in [1.54, 1.807) is 17.1 Å². The molecule has 0 saturated heterocycles. The summed E-state index contributed by atoms with van der Waals surface area (Å²) >= 11 is 1.31. The number of nitrogens with zero attached hydrogens (tertiary/aromatic N) is 4. The number of hydrogen-bond acceptors (Lipinski definition) is 5. The van der Waals surface area contributed by atoms with Gasteiger partial charge in [-0.05, 0) is 25.3 Å². The highest BCUT2D eigenvalue weighted by Crippen LogP contribution is 2.25. The molecule has 0 fully saturated rings. The van der Waals surface area contributed by atoms with Gasteiger partial charge in [-0.2, -0.15) is 5.10 Å². The highest BCUT2D eigenvalue weighted by atomic mass is 32.2. The predicted molar refractivity (Wildman–Crippen MR) is 80.1 cm³/mol. The predicted octanol–water partition coefficient (Wildman–Crippen LogP) is 2.36. The van der Waals surface area contributed by atoms with Crippen LogP contribution in [0.5, 0.6) is 0 Å². The van der Waals surface area contributed by atoms with Crippen molar-refractivity contribution in [1.82, 2.24) is 0 Å². The number of halogens is 1. The molecule has 0 spiro atoms. The van der Waals surface area contributed by atoms with Crippen LogP contribution < -0.4 is 10.7 Å². The SMILES string of the molecule is CSC(N)=Nc1ccc(N2CC(C)=NC=N2)c(F)c1. The Morgan fingerprint density at radius 2 is 2.32 bits per heavy atom. The van der Waals surface area contributed by atoms with Crippen molar-refractivity contribution < 1.29 is 4.39 Å². The van der Waals surface area contributed by atoms with Gasteiger partial charge in [-0.25, -0.2) is 14.4 Å². The Balaban J connectivity index is 2.25. The molecule has 0 radical (unpaired) electrons. The molecule has 2 rings (SSSR count). The van der Waals surface area contributed by atoms with E-state index in [1.807, 2.05) is 13.2 Å². The van der Waals surface area contributed by atoms with Gasteiger partial charge in [0.05, 0.1) is 17.9 Å². The molecule has 0 amide bonds. The van der Waals surface area contributed by atoms with Crippen LogP contribution in [0.2, 0.25) is 0 Å². The zero-order valence-electron chi connectivity index (χ0n) is 10.7. The quantitative estimate of drug-likeness (QED) is 0.667. The number of thioether (sulfide) groups is 1. The first kappa shape index (κ1) is 13.5. The summed E-state index contributed by atoms with van der Waals surface area (Å²) in [5, 5.41) is 5.99. The average molecular weight is 279 g/mol. The summed E-state index contributed by atoms with van der Waals surface area (Å²) < 4.78 is 14.0. The van der Waals surface area contributed by atoms with Crippen molar-refractivity contribution in [2.24, 2.45) is 20.8 Å². The molecule has 0 unspecified atom stereocenters. The van der Waals surface area contributed by atoms with Gasteiger partial charge >= 0.3 is 0 Å². The zero-order valence-corrected chi connectivity index (χ0v) is 11.5. The van der Waals surface area contributed by atoms with Gasteiger partial charge in [0.25, 0.3) is 0 Å². The number of aliphatic imine (C=N–C) groups is 2. The third kappa shape index (κ3) is 3.31. The second-order valence-corrected chi connectivity index (χ2v) is 4.77. The molecule has 1 aromatic carbocycles. The van der Waals surface area contributed by atoms with Crippen LogP contribution in [-0.4, -0.2) is 30.0 Å². The molecule has 2 N–H and O–H groups in total. The molecule has 19 heavy (non-hydrogen) atoms. The Labute approximate surface area is 115 Å². The van der Waals surface area contributed by atoms with Crippen LogP contribution in [0.3, 0.4) is 0 Å². The molecule has 0 aliphatic carbocycles. The van der Waals surface area contributed by atoms with E-state index in [0.29, 0.717) is 23.1 Å². The summed E-state index contributed by atoms with van der Waals surface area (Å²) in [6, 6.07) is 4.69. The van der Waals surface area contributed by atoms with Crippen LogP contribution in [-0.2, 0) is 0 Å². The molecule has 100 valence electrons. The first-order valence-corrected chi connectivity index (χ1v) is 6.83. The van der Waals surface area contributed by atoms with Gasteiger partial charge in [0, 0.05) is 11.8 Å². The largest absolute Gasteiger partial charge is 0.378 e. The van der Waals surface area contributed by atoms with Gasteiger partial charge in [-0.15, -0.1) is 0 Å². The van der Waals surface area contributed by atoms with Crippen molar-refractivity contribution >= 4 is 40.4 Å². The van der Waals surface area contributed by atoms with Crippen LogP contribution in [0, 0.1) is 5.82 Å². The third-order valence-electron chi connectivity index (χ3n) is 2.51. The summed E-state index contributed by atoms with van der Waals surface area (Å²) in [5.41, 5.74) is 7.35. The van der Waals surface area contributed by atoms with Gasteiger partial charge in [0.15, 0.2) is 11.0 Å². The van der Waals surface area contributed by atoms with Crippen molar-refractivity contribution in [2.75, 3.05) is 17.8 Å². The fourth-order valence-corrected chi connectivity index (χ4v) is 1.78. The minimum atomic E-state index is -0.387. The van der Waals surface area contributed by atoms with Crippen LogP contribution in [0.4, 0.5) is 15.8 Å². The number of rotatable bonds is 2. The fraction of sp³-hybridized carbons (Fsp3) is 0.250. The fourth-order valence-electron chi connectivity index (χ4n) is 1.58. The first-order chi connectivity index (χ1) is 9.10. The first-order valence-electron chi connectivity index (χ1n) is 5.61. The Morgan fingerprint density at radius 1 is 1.53 bits per heavy atom. The maximum atomic E-state index is 14.0. The average Bonchev–Trinajstić information content (AvgIpc) is 2.38. The highest BCUT2D eigenvalue weighted by Gasteiger charge is 2.14. The van der Waals surface area contributed by atoms with E-state index < -0.39 is 0 Å². The summed E-state index contributed by atoms with van der Waals surface area (Å²) in [7, 11) is 0. The standard InChI is InChI=1S/C12H14FN5S/c1-8-6-18(16-7-15-8)11-4-3-9(5-10(11)13)17-12(14)19-2/h3-5,7H,6H2,1-2H3,(H2,14,17). The van der Waals surface area contributed by atoms with Crippen molar-refractivity contribution in [2.45, 2.75) is 6.92 Å².